The highest BCUT2D eigenvalue weighted by molar-refractivity contribution is 6.03. The molecule has 1 saturated heterocycles. The molecule has 0 aliphatic carbocycles. The molecule has 1 unspecified atom stereocenters. The van der Waals surface area contributed by atoms with Crippen LogP contribution in [0.3, 0.4) is 0 Å². The van der Waals surface area contributed by atoms with E-state index in [4.69, 9.17) is 15.6 Å². The zero-order valence-corrected chi connectivity index (χ0v) is 20.6. The molecular formula is C25H35N8O2+. The first-order chi connectivity index (χ1) is 16.8. The highest BCUT2D eigenvalue weighted by atomic mass is 16.3. The minimum Gasteiger partial charge on any atom is -0.461 e. The molecule has 1 amide bonds. The summed E-state index contributed by atoms with van der Waals surface area (Å²) in [5.74, 6) is 2.24. The number of likely N-dealkylation sites (N-methyl/N-ethyl adjacent to an activating group) is 1. The fourth-order valence-corrected chi connectivity index (χ4v) is 4.33. The number of quaternary nitrogens is 1. The second-order valence-electron chi connectivity index (χ2n) is 8.96. The average Bonchev–Trinajstić information content (AvgIpc) is 3.40. The van der Waals surface area contributed by atoms with Gasteiger partial charge in [-0.25, -0.2) is 0 Å². The van der Waals surface area contributed by atoms with E-state index in [9.17, 15) is 4.79 Å². The lowest BCUT2D eigenvalue weighted by Gasteiger charge is -2.36. The minimum absolute atomic E-state index is 0.0686. The number of amidine groups is 2. The molecule has 35 heavy (non-hydrogen) atoms. The van der Waals surface area contributed by atoms with E-state index < -0.39 is 0 Å². The van der Waals surface area contributed by atoms with Gasteiger partial charge >= 0.3 is 0 Å². The second kappa shape index (κ2) is 10.7. The summed E-state index contributed by atoms with van der Waals surface area (Å²) >= 11 is 0. The maximum absolute atomic E-state index is 11.5. The summed E-state index contributed by atoms with van der Waals surface area (Å²) in [4.78, 5) is 24.3. The number of nitrogens with zero attached hydrogens (tertiary/aromatic N) is 5. The van der Waals surface area contributed by atoms with Gasteiger partial charge < -0.3 is 19.1 Å². The van der Waals surface area contributed by atoms with Crippen LogP contribution in [-0.4, -0.2) is 85.4 Å². The summed E-state index contributed by atoms with van der Waals surface area (Å²) in [6, 6.07) is 12.1. The molecule has 186 valence electrons. The van der Waals surface area contributed by atoms with Gasteiger partial charge in [0.2, 0.25) is 18.0 Å². The molecule has 1 atom stereocenters. The van der Waals surface area contributed by atoms with Crippen molar-refractivity contribution in [1.82, 2.24) is 14.7 Å². The van der Waals surface area contributed by atoms with Gasteiger partial charge in [-0.3, -0.25) is 26.2 Å². The Labute approximate surface area is 206 Å². The van der Waals surface area contributed by atoms with Crippen molar-refractivity contribution in [3.8, 4) is 0 Å². The number of carbonyl (C=O) groups excluding carboxylic acids is 1. The summed E-state index contributed by atoms with van der Waals surface area (Å²) in [6.45, 7) is 5.71. The highest BCUT2D eigenvalue weighted by Gasteiger charge is 2.27. The third-order valence-corrected chi connectivity index (χ3v) is 6.58. The van der Waals surface area contributed by atoms with Crippen LogP contribution in [0.2, 0.25) is 0 Å². The smallest absolute Gasteiger partial charge is 0.232 e. The SMILES string of the molecule is CC(=O)N1CCN(c2ccc(CCN(C)C3=CC(=NC(=N)c4ccco4)[NH2+]C(N)N3C)cc2)CC1. The van der Waals surface area contributed by atoms with Crippen molar-refractivity contribution < 1.29 is 14.5 Å². The van der Waals surface area contributed by atoms with Gasteiger partial charge in [-0.05, 0) is 36.2 Å². The first-order valence-corrected chi connectivity index (χ1v) is 11.9. The monoisotopic (exact) mass is 479 g/mol. The fraction of sp³-hybridized carbons (Fsp3) is 0.400. The van der Waals surface area contributed by atoms with Crippen LogP contribution in [0, 0.1) is 5.41 Å². The van der Waals surface area contributed by atoms with Gasteiger partial charge in [0.25, 0.3) is 0 Å². The molecule has 10 heteroatoms. The molecule has 2 aliphatic rings. The van der Waals surface area contributed by atoms with Gasteiger partial charge in [0.15, 0.2) is 11.6 Å². The van der Waals surface area contributed by atoms with Crippen molar-refractivity contribution in [3.05, 3.63) is 65.9 Å². The maximum Gasteiger partial charge on any atom is 0.232 e. The van der Waals surface area contributed by atoms with Gasteiger partial charge in [0.1, 0.15) is 5.82 Å². The van der Waals surface area contributed by atoms with Crippen molar-refractivity contribution in [1.29, 1.82) is 5.41 Å². The molecule has 2 aromatic rings. The number of carbonyl (C=O) groups is 1. The maximum atomic E-state index is 11.5. The molecule has 1 fully saturated rings. The van der Waals surface area contributed by atoms with Crippen LogP contribution in [0.4, 0.5) is 5.69 Å². The summed E-state index contributed by atoms with van der Waals surface area (Å²) in [5, 5.41) is 10.0. The lowest BCUT2D eigenvalue weighted by atomic mass is 10.1. The molecule has 1 aromatic heterocycles. The predicted molar refractivity (Wildman–Crippen MR) is 136 cm³/mol. The normalized spacial score (nSPS) is 19.7. The van der Waals surface area contributed by atoms with E-state index >= 15 is 0 Å². The molecule has 1 aromatic carbocycles. The number of amides is 1. The van der Waals surface area contributed by atoms with E-state index in [0.717, 1.165) is 45.0 Å². The van der Waals surface area contributed by atoms with Gasteiger partial charge in [0.05, 0.1) is 12.3 Å². The van der Waals surface area contributed by atoms with Gasteiger partial charge in [-0.2, -0.15) is 4.99 Å². The first-order valence-electron chi connectivity index (χ1n) is 11.9. The molecule has 0 saturated carbocycles. The van der Waals surface area contributed by atoms with Crippen LogP contribution in [-0.2, 0) is 11.2 Å². The van der Waals surface area contributed by atoms with Gasteiger partial charge in [-0.15, -0.1) is 0 Å². The number of furan rings is 1. The van der Waals surface area contributed by atoms with E-state index in [2.05, 4.69) is 39.1 Å². The molecule has 4 rings (SSSR count). The third-order valence-electron chi connectivity index (χ3n) is 6.58. The van der Waals surface area contributed by atoms with E-state index in [0.29, 0.717) is 11.6 Å². The summed E-state index contributed by atoms with van der Waals surface area (Å²) < 4.78 is 5.27. The van der Waals surface area contributed by atoms with E-state index in [1.165, 1.54) is 17.5 Å². The Hall–Kier alpha value is -3.63. The van der Waals surface area contributed by atoms with Crippen LogP contribution < -0.4 is 16.0 Å². The molecule has 0 spiro atoms. The Morgan fingerprint density at radius 3 is 2.57 bits per heavy atom. The number of aliphatic imine (C=N–C) groups is 1. The van der Waals surface area contributed by atoms with Crippen molar-refractivity contribution >= 4 is 23.3 Å². The Kier molecular flexibility index (Phi) is 7.52. The average molecular weight is 480 g/mol. The van der Waals surface area contributed by atoms with Crippen molar-refractivity contribution in [2.75, 3.05) is 51.7 Å². The zero-order valence-electron chi connectivity index (χ0n) is 20.6. The van der Waals surface area contributed by atoms with E-state index in [1.54, 1.807) is 19.1 Å². The molecular weight excluding hydrogens is 444 g/mol. The Bertz CT molecular complexity index is 1090. The van der Waals surface area contributed by atoms with E-state index in [1.807, 2.05) is 35.3 Å². The quantitative estimate of drug-likeness (QED) is 0.408. The minimum atomic E-state index is -0.330. The largest absolute Gasteiger partial charge is 0.461 e. The zero-order chi connectivity index (χ0) is 24.9. The van der Waals surface area contributed by atoms with Crippen LogP contribution in [0.25, 0.3) is 0 Å². The molecule has 3 heterocycles. The van der Waals surface area contributed by atoms with Crippen LogP contribution >= 0.6 is 0 Å². The standard InChI is InChI=1S/C25H34N8O2/c1-18(34)32-12-14-33(15-13-32)20-8-6-19(7-9-20)10-11-30(2)23-17-22(29-25(27)31(23)3)28-24(26)21-5-4-16-35-21/h4-9,16-17,25H,10-15,27H2,1-3H3,(H2,26,28,29)/p+1. The highest BCUT2D eigenvalue weighted by Crippen LogP contribution is 2.18. The Morgan fingerprint density at radius 1 is 1.23 bits per heavy atom. The first kappa shape index (κ1) is 24.5. The number of hydrogen-bond donors (Lipinski definition) is 3. The summed E-state index contributed by atoms with van der Waals surface area (Å²) in [7, 11) is 4.00. The second-order valence-corrected chi connectivity index (χ2v) is 8.96. The van der Waals surface area contributed by atoms with Crippen LogP contribution in [0.1, 0.15) is 18.2 Å². The topological polar surface area (TPSA) is 122 Å². The van der Waals surface area contributed by atoms with E-state index in [-0.39, 0.29) is 18.0 Å². The predicted octanol–water partition coefficient (Wildman–Crippen LogP) is 0.439. The lowest BCUT2D eigenvalue weighted by molar-refractivity contribution is -0.605. The van der Waals surface area contributed by atoms with Crippen molar-refractivity contribution in [2.24, 2.45) is 10.7 Å². The Balaban J connectivity index is 1.36. The Morgan fingerprint density at radius 2 is 1.94 bits per heavy atom. The van der Waals surface area contributed by atoms with Crippen LogP contribution in [0.5, 0.6) is 0 Å². The van der Waals surface area contributed by atoms with Crippen LogP contribution in [0.15, 0.2) is 64.0 Å². The van der Waals surface area contributed by atoms with Gasteiger partial charge in [0, 0.05) is 59.4 Å². The summed E-state index contributed by atoms with van der Waals surface area (Å²) in [6.07, 6.45) is 4.03. The number of anilines is 1. The van der Waals surface area contributed by atoms with Gasteiger partial charge in [-0.1, -0.05) is 12.1 Å². The molecule has 0 bridgehead atoms. The number of piperazine rings is 1. The van der Waals surface area contributed by atoms with Crippen molar-refractivity contribution in [2.45, 2.75) is 19.6 Å². The van der Waals surface area contributed by atoms with Crippen molar-refractivity contribution in [3.63, 3.8) is 0 Å². The molecule has 10 nitrogen and oxygen atoms in total. The molecule has 5 N–H and O–H groups in total. The number of benzene rings is 1. The number of nitrogens with one attached hydrogen (secondary N) is 1. The lowest BCUT2D eigenvalue weighted by Crippen LogP contribution is -3.00. The number of hydrogen-bond acceptors (Lipinski definition) is 7. The molecule has 2 aliphatic heterocycles. The number of rotatable bonds is 6. The molecule has 0 radical (unpaired) electrons. The summed E-state index contributed by atoms with van der Waals surface area (Å²) in [5.41, 5.74) is 8.76. The fourth-order valence-electron chi connectivity index (χ4n) is 4.33. The number of nitrogens with two attached hydrogens (primary N) is 2. The third kappa shape index (κ3) is 5.90.